The highest BCUT2D eigenvalue weighted by Crippen LogP contribution is 2.24. The molecule has 0 spiro atoms. The summed E-state index contributed by atoms with van der Waals surface area (Å²) in [7, 11) is 0. The van der Waals surface area contributed by atoms with Crippen LogP contribution in [0.1, 0.15) is 37.7 Å². The Morgan fingerprint density at radius 1 is 1.16 bits per heavy atom. The van der Waals surface area contributed by atoms with Crippen molar-refractivity contribution >= 4 is 11.3 Å². The molecule has 0 saturated heterocycles. The topological polar surface area (TPSA) is 37.8 Å². The standard InChI is InChI=1S/C15H21N3S/c1-10-8-19-9-13(10)14-17-11(2)6-12(18-14)7-16-15(3,4)5/h6,8-9,16H,7H2,1-5H3. The van der Waals surface area contributed by atoms with Gasteiger partial charge in [-0.1, -0.05) is 0 Å². The molecule has 102 valence electrons. The predicted molar refractivity (Wildman–Crippen MR) is 81.4 cm³/mol. The smallest absolute Gasteiger partial charge is 0.160 e. The number of aromatic nitrogens is 2. The maximum atomic E-state index is 4.67. The van der Waals surface area contributed by atoms with E-state index in [9.17, 15) is 0 Å². The Morgan fingerprint density at radius 3 is 2.47 bits per heavy atom. The Hall–Kier alpha value is -1.26. The van der Waals surface area contributed by atoms with Gasteiger partial charge in [0.25, 0.3) is 0 Å². The van der Waals surface area contributed by atoms with E-state index in [-0.39, 0.29) is 5.54 Å². The highest BCUT2D eigenvalue weighted by Gasteiger charge is 2.12. The zero-order chi connectivity index (χ0) is 14.0. The largest absolute Gasteiger partial charge is 0.306 e. The van der Waals surface area contributed by atoms with Crippen LogP contribution >= 0.6 is 11.3 Å². The van der Waals surface area contributed by atoms with E-state index in [1.807, 2.05) is 13.0 Å². The van der Waals surface area contributed by atoms with Crippen molar-refractivity contribution in [2.24, 2.45) is 0 Å². The van der Waals surface area contributed by atoms with E-state index in [2.05, 4.69) is 53.7 Å². The molecule has 0 aliphatic rings. The van der Waals surface area contributed by atoms with Crippen LogP contribution in [0.4, 0.5) is 0 Å². The molecule has 0 fully saturated rings. The third kappa shape index (κ3) is 3.85. The van der Waals surface area contributed by atoms with Gasteiger partial charge in [-0.15, -0.1) is 0 Å². The van der Waals surface area contributed by atoms with Crippen LogP contribution in [-0.4, -0.2) is 15.5 Å². The van der Waals surface area contributed by atoms with Gasteiger partial charge < -0.3 is 5.32 Å². The molecule has 0 aliphatic carbocycles. The van der Waals surface area contributed by atoms with Gasteiger partial charge in [0.1, 0.15) is 0 Å². The van der Waals surface area contributed by atoms with Crippen molar-refractivity contribution in [3.8, 4) is 11.4 Å². The van der Waals surface area contributed by atoms with Gasteiger partial charge in [0, 0.05) is 28.7 Å². The lowest BCUT2D eigenvalue weighted by Gasteiger charge is -2.20. The second-order valence-electron chi connectivity index (χ2n) is 5.90. The minimum atomic E-state index is 0.0946. The summed E-state index contributed by atoms with van der Waals surface area (Å²) >= 11 is 1.69. The minimum Gasteiger partial charge on any atom is -0.306 e. The van der Waals surface area contributed by atoms with Gasteiger partial charge in [-0.3, -0.25) is 0 Å². The summed E-state index contributed by atoms with van der Waals surface area (Å²) in [4.78, 5) is 9.22. The van der Waals surface area contributed by atoms with Crippen molar-refractivity contribution in [3.63, 3.8) is 0 Å². The van der Waals surface area contributed by atoms with Crippen molar-refractivity contribution < 1.29 is 0 Å². The molecular weight excluding hydrogens is 254 g/mol. The second kappa shape index (κ2) is 5.39. The SMILES string of the molecule is Cc1cc(CNC(C)(C)C)nc(-c2cscc2C)n1. The first kappa shape index (κ1) is 14.2. The van der Waals surface area contributed by atoms with Crippen molar-refractivity contribution in [1.29, 1.82) is 0 Å². The van der Waals surface area contributed by atoms with Crippen LogP contribution in [0.5, 0.6) is 0 Å². The van der Waals surface area contributed by atoms with E-state index in [1.165, 1.54) is 5.56 Å². The summed E-state index contributed by atoms with van der Waals surface area (Å²) < 4.78 is 0. The Bertz CT molecular complexity index is 567. The second-order valence-corrected chi connectivity index (χ2v) is 6.64. The third-order valence-corrected chi connectivity index (χ3v) is 3.66. The fourth-order valence-corrected chi connectivity index (χ4v) is 2.62. The van der Waals surface area contributed by atoms with Gasteiger partial charge in [0.15, 0.2) is 5.82 Å². The van der Waals surface area contributed by atoms with Crippen molar-refractivity contribution in [3.05, 3.63) is 33.8 Å². The van der Waals surface area contributed by atoms with E-state index in [1.54, 1.807) is 11.3 Å². The maximum absolute atomic E-state index is 4.67. The fourth-order valence-electron chi connectivity index (χ4n) is 1.79. The Labute approximate surface area is 119 Å². The number of aryl methyl sites for hydroxylation is 2. The van der Waals surface area contributed by atoms with Crippen LogP contribution in [-0.2, 0) is 6.54 Å². The number of rotatable bonds is 3. The van der Waals surface area contributed by atoms with E-state index < -0.39 is 0 Å². The van der Waals surface area contributed by atoms with Crippen LogP contribution in [0.2, 0.25) is 0 Å². The highest BCUT2D eigenvalue weighted by atomic mass is 32.1. The number of nitrogens with one attached hydrogen (secondary N) is 1. The molecule has 0 aromatic carbocycles. The average Bonchev–Trinajstić information content (AvgIpc) is 2.71. The van der Waals surface area contributed by atoms with Gasteiger partial charge in [0.05, 0.1) is 5.69 Å². The zero-order valence-corrected chi connectivity index (χ0v) is 13.1. The first-order valence-electron chi connectivity index (χ1n) is 6.48. The molecule has 0 bridgehead atoms. The number of hydrogen-bond donors (Lipinski definition) is 1. The Morgan fingerprint density at radius 2 is 1.89 bits per heavy atom. The van der Waals surface area contributed by atoms with E-state index in [0.717, 1.165) is 29.3 Å². The number of thiophene rings is 1. The summed E-state index contributed by atoms with van der Waals surface area (Å²) in [6.07, 6.45) is 0. The zero-order valence-electron chi connectivity index (χ0n) is 12.2. The molecule has 0 radical (unpaired) electrons. The van der Waals surface area contributed by atoms with Gasteiger partial charge in [-0.25, -0.2) is 9.97 Å². The summed E-state index contributed by atoms with van der Waals surface area (Å²) in [5, 5.41) is 7.71. The molecule has 0 saturated carbocycles. The quantitative estimate of drug-likeness (QED) is 0.928. The predicted octanol–water partition coefficient (Wildman–Crippen LogP) is 3.71. The fraction of sp³-hybridized carbons (Fsp3) is 0.467. The maximum Gasteiger partial charge on any atom is 0.160 e. The monoisotopic (exact) mass is 275 g/mol. The van der Waals surface area contributed by atoms with E-state index in [4.69, 9.17) is 0 Å². The molecular formula is C15H21N3S. The van der Waals surface area contributed by atoms with Crippen LogP contribution in [0, 0.1) is 13.8 Å². The molecule has 1 N–H and O–H groups in total. The van der Waals surface area contributed by atoms with Gasteiger partial charge in [-0.05, 0) is 51.6 Å². The lowest BCUT2D eigenvalue weighted by Crippen LogP contribution is -2.35. The van der Waals surface area contributed by atoms with Crippen LogP contribution in [0.3, 0.4) is 0 Å². The van der Waals surface area contributed by atoms with Crippen molar-refractivity contribution in [2.45, 2.75) is 46.7 Å². The van der Waals surface area contributed by atoms with Crippen LogP contribution < -0.4 is 5.32 Å². The van der Waals surface area contributed by atoms with E-state index >= 15 is 0 Å². The number of nitrogens with zero attached hydrogens (tertiary/aromatic N) is 2. The Kier molecular flexibility index (Phi) is 4.02. The summed E-state index contributed by atoms with van der Waals surface area (Å²) in [6.45, 7) is 11.4. The summed E-state index contributed by atoms with van der Waals surface area (Å²) in [5.74, 6) is 0.837. The van der Waals surface area contributed by atoms with Gasteiger partial charge >= 0.3 is 0 Å². The van der Waals surface area contributed by atoms with E-state index in [0.29, 0.717) is 0 Å². The molecule has 0 aliphatic heterocycles. The molecule has 0 atom stereocenters. The highest BCUT2D eigenvalue weighted by molar-refractivity contribution is 7.08. The first-order chi connectivity index (χ1) is 8.85. The molecule has 19 heavy (non-hydrogen) atoms. The van der Waals surface area contributed by atoms with Crippen molar-refractivity contribution in [2.75, 3.05) is 0 Å². The molecule has 2 aromatic rings. The lowest BCUT2D eigenvalue weighted by atomic mass is 10.1. The number of hydrogen-bond acceptors (Lipinski definition) is 4. The first-order valence-corrected chi connectivity index (χ1v) is 7.42. The normalized spacial score (nSPS) is 11.8. The van der Waals surface area contributed by atoms with Gasteiger partial charge in [-0.2, -0.15) is 11.3 Å². The molecule has 2 aromatic heterocycles. The summed E-state index contributed by atoms with van der Waals surface area (Å²) in [5.41, 5.74) is 4.54. The molecule has 2 rings (SSSR count). The third-order valence-electron chi connectivity index (χ3n) is 2.80. The summed E-state index contributed by atoms with van der Waals surface area (Å²) in [6, 6.07) is 2.05. The average molecular weight is 275 g/mol. The Balaban J connectivity index is 2.28. The molecule has 0 unspecified atom stereocenters. The van der Waals surface area contributed by atoms with Gasteiger partial charge in [0.2, 0.25) is 0 Å². The van der Waals surface area contributed by atoms with Crippen molar-refractivity contribution in [1.82, 2.24) is 15.3 Å². The molecule has 3 nitrogen and oxygen atoms in total. The molecule has 4 heteroatoms. The van der Waals surface area contributed by atoms with Crippen LogP contribution in [0.15, 0.2) is 16.8 Å². The molecule has 2 heterocycles. The lowest BCUT2D eigenvalue weighted by molar-refractivity contribution is 0.421. The minimum absolute atomic E-state index is 0.0946. The van der Waals surface area contributed by atoms with Crippen LogP contribution in [0.25, 0.3) is 11.4 Å². The molecule has 0 amide bonds.